The molecule has 3 aromatic rings. The fourth-order valence-electron chi connectivity index (χ4n) is 4.56. The number of ether oxygens (including phenoxy) is 4. The molecule has 4 heterocycles. The number of aromatic nitrogens is 3. The van der Waals surface area contributed by atoms with Gasteiger partial charge in [0.05, 0.1) is 73.4 Å². The van der Waals surface area contributed by atoms with Gasteiger partial charge in [-0.05, 0) is 18.6 Å². The largest absolute Gasteiger partial charge is 0.495 e. The first-order valence-electron chi connectivity index (χ1n) is 12.3. The molecule has 2 saturated heterocycles. The van der Waals surface area contributed by atoms with Gasteiger partial charge in [-0.3, -0.25) is 4.79 Å². The van der Waals surface area contributed by atoms with Gasteiger partial charge >= 0.3 is 0 Å². The summed E-state index contributed by atoms with van der Waals surface area (Å²) in [6, 6.07) is 3.09. The second-order valence-corrected chi connectivity index (χ2v) is 9.76. The third-order valence-electron chi connectivity index (χ3n) is 6.55. The van der Waals surface area contributed by atoms with Crippen LogP contribution in [0, 0.1) is 0 Å². The molecule has 1 aromatic carbocycles. The minimum absolute atomic E-state index is 0.178. The van der Waals surface area contributed by atoms with Crippen LogP contribution < -0.4 is 25.0 Å². The van der Waals surface area contributed by atoms with Gasteiger partial charge in [-0.2, -0.15) is 0 Å². The van der Waals surface area contributed by atoms with Crippen LogP contribution in [0.25, 0.3) is 22.3 Å². The Morgan fingerprint density at radius 1 is 1.13 bits per heavy atom. The maximum absolute atomic E-state index is 11.8. The summed E-state index contributed by atoms with van der Waals surface area (Å²) in [5.41, 5.74) is 0.973. The van der Waals surface area contributed by atoms with Crippen LogP contribution in [0.1, 0.15) is 6.42 Å². The number of anilines is 2. The molecule has 0 saturated carbocycles. The van der Waals surface area contributed by atoms with Gasteiger partial charge in [0.2, 0.25) is 5.91 Å². The van der Waals surface area contributed by atoms with E-state index in [-0.39, 0.29) is 28.0 Å². The van der Waals surface area contributed by atoms with E-state index in [4.69, 9.17) is 52.1 Å². The first-order chi connectivity index (χ1) is 18.9. The molecule has 1 amide bonds. The summed E-state index contributed by atoms with van der Waals surface area (Å²) in [5.74, 6) is 2.04. The van der Waals surface area contributed by atoms with Crippen molar-refractivity contribution in [1.29, 1.82) is 0 Å². The molecule has 13 heteroatoms. The molecule has 2 N–H and O–H groups in total. The highest BCUT2D eigenvalue weighted by atomic mass is 35.5. The molecule has 11 nitrogen and oxygen atoms in total. The van der Waals surface area contributed by atoms with E-state index in [9.17, 15) is 4.79 Å². The van der Waals surface area contributed by atoms with Crippen LogP contribution in [0.3, 0.4) is 0 Å². The number of fused-ring (bicyclic) bond motifs is 1. The molecule has 0 aliphatic carbocycles. The molecule has 2 atom stereocenters. The Kier molecular flexibility index (Phi) is 8.22. The number of methoxy groups -OCH3 is 2. The summed E-state index contributed by atoms with van der Waals surface area (Å²) < 4.78 is 22.2. The van der Waals surface area contributed by atoms with Crippen molar-refractivity contribution < 1.29 is 23.7 Å². The van der Waals surface area contributed by atoms with Gasteiger partial charge in [0.1, 0.15) is 29.9 Å². The van der Waals surface area contributed by atoms with E-state index in [1.54, 1.807) is 12.3 Å². The maximum atomic E-state index is 11.8. The monoisotopic (exact) mass is 574 g/mol. The minimum atomic E-state index is -0.261. The topological polar surface area (TPSA) is 120 Å². The molecular formula is C26H28Cl2N6O5. The van der Waals surface area contributed by atoms with Gasteiger partial charge in [-0.1, -0.05) is 29.8 Å². The van der Waals surface area contributed by atoms with Gasteiger partial charge in [0, 0.05) is 18.0 Å². The van der Waals surface area contributed by atoms with E-state index in [1.807, 2.05) is 11.0 Å². The quantitative estimate of drug-likeness (QED) is 0.385. The number of nitrogens with zero attached hydrogens (tertiary/aromatic N) is 4. The Morgan fingerprint density at radius 3 is 2.54 bits per heavy atom. The number of carbonyl (C=O) groups excluding carboxylic acids is 1. The zero-order valence-corrected chi connectivity index (χ0v) is 23.0. The first-order valence-corrected chi connectivity index (χ1v) is 13.1. The number of benzene rings is 1. The second-order valence-electron chi connectivity index (χ2n) is 9.00. The molecule has 2 aliphatic rings. The fraction of sp³-hybridized carbons (Fsp3) is 0.385. The number of rotatable bonds is 8. The van der Waals surface area contributed by atoms with Gasteiger partial charge in [0.15, 0.2) is 5.82 Å². The van der Waals surface area contributed by atoms with Crippen LogP contribution in [-0.4, -0.2) is 80.3 Å². The van der Waals surface area contributed by atoms with Crippen molar-refractivity contribution in [3.63, 3.8) is 0 Å². The molecule has 39 heavy (non-hydrogen) atoms. The lowest BCUT2D eigenvalue weighted by Crippen LogP contribution is -2.45. The summed E-state index contributed by atoms with van der Waals surface area (Å²) in [7, 11) is 3.02. The SMILES string of the molecule is C=CC(=O)N[C@H]1COC[C@H]1Nc1cc2c(N3CCCOC3)nc(-c3c(Cl)c(OC)cc(OC)c3Cl)nc2cn1. The molecule has 2 fully saturated rings. The summed E-state index contributed by atoms with van der Waals surface area (Å²) in [6.45, 7) is 6.10. The van der Waals surface area contributed by atoms with E-state index >= 15 is 0 Å². The third-order valence-corrected chi connectivity index (χ3v) is 7.30. The van der Waals surface area contributed by atoms with Gasteiger partial charge in [0.25, 0.3) is 0 Å². The van der Waals surface area contributed by atoms with E-state index < -0.39 is 0 Å². The number of amides is 1. The summed E-state index contributed by atoms with van der Waals surface area (Å²) in [5, 5.41) is 7.55. The van der Waals surface area contributed by atoms with Crippen LogP contribution in [0.15, 0.2) is 31.0 Å². The van der Waals surface area contributed by atoms with Gasteiger partial charge < -0.3 is 34.5 Å². The van der Waals surface area contributed by atoms with Gasteiger partial charge in [-0.15, -0.1) is 0 Å². The lowest BCUT2D eigenvalue weighted by molar-refractivity contribution is -0.117. The number of hydrogen-bond acceptors (Lipinski definition) is 10. The second kappa shape index (κ2) is 11.8. The lowest BCUT2D eigenvalue weighted by Gasteiger charge is -2.29. The smallest absolute Gasteiger partial charge is 0.243 e. The van der Waals surface area contributed by atoms with E-state index in [2.05, 4.69) is 22.2 Å². The number of hydrogen-bond donors (Lipinski definition) is 2. The zero-order valence-electron chi connectivity index (χ0n) is 21.5. The van der Waals surface area contributed by atoms with Crippen LogP contribution in [-0.2, 0) is 14.3 Å². The Balaban J connectivity index is 1.59. The summed E-state index contributed by atoms with van der Waals surface area (Å²) >= 11 is 13.4. The number of halogens is 2. The van der Waals surface area contributed by atoms with Crippen molar-refractivity contribution in [2.75, 3.05) is 57.5 Å². The predicted octanol–water partition coefficient (Wildman–Crippen LogP) is 3.68. The molecule has 0 radical (unpaired) electrons. The first kappa shape index (κ1) is 27.2. The molecule has 206 valence electrons. The lowest BCUT2D eigenvalue weighted by atomic mass is 10.1. The molecule has 2 aromatic heterocycles. The molecule has 0 unspecified atom stereocenters. The van der Waals surface area contributed by atoms with Crippen LogP contribution in [0.5, 0.6) is 11.5 Å². The average molecular weight is 575 g/mol. The van der Waals surface area contributed by atoms with Crippen molar-refractivity contribution in [2.45, 2.75) is 18.5 Å². The average Bonchev–Trinajstić information content (AvgIpc) is 3.39. The Bertz CT molecular complexity index is 1370. The highest BCUT2D eigenvalue weighted by molar-refractivity contribution is 6.41. The fourth-order valence-corrected chi connectivity index (χ4v) is 5.23. The van der Waals surface area contributed by atoms with E-state index in [1.165, 1.54) is 20.3 Å². The molecule has 0 bridgehead atoms. The van der Waals surface area contributed by atoms with Crippen LogP contribution in [0.2, 0.25) is 10.0 Å². The van der Waals surface area contributed by atoms with Crippen molar-refractivity contribution in [3.8, 4) is 22.9 Å². The Labute approximate surface area is 235 Å². The Hall–Kier alpha value is -3.38. The number of pyridine rings is 1. The standard InChI is InChI=1S/C26H28Cl2N6O5/c1-4-21(35)31-17-12-39-11-16(17)30-20-8-14-15(10-29-20)32-25(33-26(14)34-6-5-7-38-13-34)22-23(27)18(36-2)9-19(37-3)24(22)28/h4,8-10,16-17H,1,5-7,11-13H2,2-3H3,(H,29,30)(H,31,35)/t16-,17+/m1/s1. The number of nitrogens with one attached hydrogen (secondary N) is 2. The van der Waals surface area contributed by atoms with Crippen molar-refractivity contribution in [2.24, 2.45) is 0 Å². The third kappa shape index (κ3) is 5.53. The van der Waals surface area contributed by atoms with Gasteiger partial charge in [-0.25, -0.2) is 15.0 Å². The number of carbonyl (C=O) groups is 1. The predicted molar refractivity (Wildman–Crippen MR) is 149 cm³/mol. The normalized spacial score (nSPS) is 19.1. The van der Waals surface area contributed by atoms with Crippen molar-refractivity contribution in [3.05, 3.63) is 41.0 Å². The Morgan fingerprint density at radius 2 is 1.87 bits per heavy atom. The molecule has 0 spiro atoms. The summed E-state index contributed by atoms with van der Waals surface area (Å²) in [4.78, 5) is 28.1. The van der Waals surface area contributed by atoms with Crippen molar-refractivity contribution >= 4 is 51.6 Å². The highest BCUT2D eigenvalue weighted by Crippen LogP contribution is 2.45. The molecular weight excluding hydrogens is 547 g/mol. The summed E-state index contributed by atoms with van der Waals surface area (Å²) in [6.07, 6.45) is 3.74. The van der Waals surface area contributed by atoms with E-state index in [0.717, 1.165) is 18.4 Å². The van der Waals surface area contributed by atoms with E-state index in [0.29, 0.717) is 66.6 Å². The van der Waals surface area contributed by atoms with Crippen molar-refractivity contribution in [1.82, 2.24) is 20.3 Å². The maximum Gasteiger partial charge on any atom is 0.243 e. The van der Waals surface area contributed by atoms with Crippen LogP contribution in [0.4, 0.5) is 11.6 Å². The zero-order chi connectivity index (χ0) is 27.5. The van der Waals surface area contributed by atoms with Crippen LogP contribution >= 0.6 is 23.2 Å². The minimum Gasteiger partial charge on any atom is -0.495 e. The molecule has 5 rings (SSSR count). The highest BCUT2D eigenvalue weighted by Gasteiger charge is 2.30. The molecule has 2 aliphatic heterocycles.